The second-order valence-electron chi connectivity index (χ2n) is 5.84. The summed E-state index contributed by atoms with van der Waals surface area (Å²) in [5.74, 6) is -0.525. The van der Waals surface area contributed by atoms with Crippen molar-refractivity contribution in [1.29, 1.82) is 0 Å². The van der Waals surface area contributed by atoms with Crippen molar-refractivity contribution in [2.45, 2.75) is 19.0 Å². The van der Waals surface area contributed by atoms with Gasteiger partial charge < -0.3 is 10.2 Å². The van der Waals surface area contributed by atoms with E-state index in [1.165, 1.54) is 18.2 Å². The third-order valence-corrected chi connectivity index (χ3v) is 4.37. The molecule has 4 nitrogen and oxygen atoms in total. The van der Waals surface area contributed by atoms with Crippen LogP contribution >= 0.6 is 11.6 Å². The molecule has 1 saturated heterocycles. The lowest BCUT2D eigenvalue weighted by Crippen LogP contribution is -2.23. The van der Waals surface area contributed by atoms with Gasteiger partial charge in [0.15, 0.2) is 0 Å². The Balaban J connectivity index is 1.75. The van der Waals surface area contributed by atoms with Crippen molar-refractivity contribution in [3.8, 4) is 0 Å². The zero-order valence-electron chi connectivity index (χ0n) is 13.4. The van der Waals surface area contributed by atoms with Crippen LogP contribution in [0.15, 0.2) is 42.5 Å². The number of halogens is 4. The van der Waals surface area contributed by atoms with Gasteiger partial charge in [0.05, 0.1) is 10.6 Å². The maximum Gasteiger partial charge on any atom is 0.417 e. The van der Waals surface area contributed by atoms with Gasteiger partial charge in [-0.2, -0.15) is 13.2 Å². The molecule has 1 N–H and O–H groups in total. The minimum atomic E-state index is -4.61. The summed E-state index contributed by atoms with van der Waals surface area (Å²) in [7, 11) is 0. The summed E-state index contributed by atoms with van der Waals surface area (Å²) in [6.07, 6.45) is -3.32. The molecule has 0 aliphatic carbocycles. The molecule has 2 aromatic rings. The third-order valence-electron chi connectivity index (χ3n) is 4.04. The minimum absolute atomic E-state index is 0.00878. The lowest BCUT2D eigenvalue weighted by atomic mass is 10.1. The van der Waals surface area contributed by atoms with E-state index in [4.69, 9.17) is 11.6 Å². The summed E-state index contributed by atoms with van der Waals surface area (Å²) >= 11 is 5.56. The highest BCUT2D eigenvalue weighted by Gasteiger charge is 2.33. The van der Waals surface area contributed by atoms with Gasteiger partial charge in [-0.1, -0.05) is 11.6 Å². The van der Waals surface area contributed by atoms with Crippen LogP contribution in [0, 0.1) is 0 Å². The Labute approximate surface area is 152 Å². The van der Waals surface area contributed by atoms with E-state index < -0.39 is 22.7 Å². The van der Waals surface area contributed by atoms with Gasteiger partial charge >= 0.3 is 6.18 Å². The molecular formula is C18H14ClF3N2O2. The summed E-state index contributed by atoms with van der Waals surface area (Å²) in [6, 6.07) is 9.50. The number of alkyl halides is 3. The molecule has 0 unspecified atom stereocenters. The predicted molar refractivity (Wildman–Crippen MR) is 92.4 cm³/mol. The molecular weight excluding hydrogens is 369 g/mol. The Bertz CT molecular complexity index is 851. The lowest BCUT2D eigenvalue weighted by molar-refractivity contribution is -0.137. The Morgan fingerprint density at radius 2 is 1.81 bits per heavy atom. The van der Waals surface area contributed by atoms with Crippen LogP contribution in [0.1, 0.15) is 28.8 Å². The molecule has 0 bridgehead atoms. The molecule has 2 amide bonds. The van der Waals surface area contributed by atoms with Crippen LogP contribution in [0.2, 0.25) is 5.02 Å². The van der Waals surface area contributed by atoms with Crippen molar-refractivity contribution >= 4 is 34.8 Å². The number of nitrogens with zero attached hydrogens (tertiary/aromatic N) is 1. The number of rotatable bonds is 3. The second-order valence-corrected chi connectivity index (χ2v) is 6.25. The molecule has 0 radical (unpaired) electrons. The largest absolute Gasteiger partial charge is 0.417 e. The van der Waals surface area contributed by atoms with Crippen molar-refractivity contribution in [2.75, 3.05) is 16.8 Å². The van der Waals surface area contributed by atoms with E-state index >= 15 is 0 Å². The molecule has 3 rings (SSSR count). The van der Waals surface area contributed by atoms with Gasteiger partial charge in [0.2, 0.25) is 5.91 Å². The van der Waals surface area contributed by atoms with E-state index in [-0.39, 0.29) is 17.2 Å². The van der Waals surface area contributed by atoms with Crippen LogP contribution in [0.5, 0.6) is 0 Å². The molecule has 0 saturated carbocycles. The molecule has 0 aromatic heterocycles. The van der Waals surface area contributed by atoms with E-state index in [1.54, 1.807) is 17.0 Å². The molecule has 2 aromatic carbocycles. The SMILES string of the molecule is O=C(Nc1ccc(Cl)c(C(F)(F)F)c1)c1ccc(N2CCCC2=O)cc1. The summed E-state index contributed by atoms with van der Waals surface area (Å²) < 4.78 is 38.7. The first-order valence-corrected chi connectivity index (χ1v) is 8.22. The Morgan fingerprint density at radius 3 is 2.38 bits per heavy atom. The van der Waals surface area contributed by atoms with Crippen molar-refractivity contribution in [3.63, 3.8) is 0 Å². The normalized spacial score (nSPS) is 14.6. The summed E-state index contributed by atoms with van der Waals surface area (Å²) in [5, 5.41) is 1.98. The standard InChI is InChI=1S/C18H14ClF3N2O2/c19-15-8-5-12(10-14(15)18(20,21)22)23-17(26)11-3-6-13(7-4-11)24-9-1-2-16(24)25/h3-8,10H,1-2,9H2,(H,23,26). The van der Waals surface area contributed by atoms with Crippen LogP contribution in [0.3, 0.4) is 0 Å². The van der Waals surface area contributed by atoms with Crippen LogP contribution in [0.25, 0.3) is 0 Å². The van der Waals surface area contributed by atoms with Gasteiger partial charge in [0.1, 0.15) is 0 Å². The zero-order chi connectivity index (χ0) is 18.9. The average Bonchev–Trinajstić information content (AvgIpc) is 3.01. The number of carbonyl (C=O) groups is 2. The zero-order valence-corrected chi connectivity index (χ0v) is 14.2. The number of hydrogen-bond acceptors (Lipinski definition) is 2. The van der Waals surface area contributed by atoms with E-state index in [0.29, 0.717) is 18.7 Å². The maximum atomic E-state index is 12.9. The Hall–Kier alpha value is -2.54. The van der Waals surface area contributed by atoms with Gasteiger partial charge in [-0.15, -0.1) is 0 Å². The molecule has 1 aliphatic rings. The fraction of sp³-hybridized carbons (Fsp3) is 0.222. The molecule has 26 heavy (non-hydrogen) atoms. The van der Waals surface area contributed by atoms with Gasteiger partial charge in [-0.3, -0.25) is 9.59 Å². The Kier molecular flexibility index (Phi) is 4.91. The summed E-state index contributed by atoms with van der Waals surface area (Å²) in [6.45, 7) is 0.634. The second kappa shape index (κ2) is 6.99. The van der Waals surface area contributed by atoms with Crippen LogP contribution < -0.4 is 10.2 Å². The van der Waals surface area contributed by atoms with Gasteiger partial charge in [0.25, 0.3) is 5.91 Å². The number of hydrogen-bond donors (Lipinski definition) is 1. The monoisotopic (exact) mass is 382 g/mol. The first kappa shape index (κ1) is 18.3. The third kappa shape index (κ3) is 3.83. The fourth-order valence-corrected chi connectivity index (χ4v) is 2.96. The predicted octanol–water partition coefficient (Wildman–Crippen LogP) is 4.74. The van der Waals surface area contributed by atoms with Gasteiger partial charge in [-0.05, 0) is 48.9 Å². The van der Waals surface area contributed by atoms with Gasteiger partial charge in [-0.25, -0.2) is 0 Å². The number of amides is 2. The van der Waals surface area contributed by atoms with E-state index in [0.717, 1.165) is 18.6 Å². The Morgan fingerprint density at radius 1 is 1.12 bits per heavy atom. The molecule has 1 fully saturated rings. The smallest absolute Gasteiger partial charge is 0.322 e. The summed E-state index contributed by atoms with van der Waals surface area (Å²) in [4.78, 5) is 25.6. The number of carbonyl (C=O) groups excluding carboxylic acids is 2. The molecule has 1 heterocycles. The van der Waals surface area contributed by atoms with Crippen molar-refractivity contribution in [2.24, 2.45) is 0 Å². The summed E-state index contributed by atoms with van der Waals surface area (Å²) in [5.41, 5.74) is -0.0656. The fourth-order valence-electron chi connectivity index (χ4n) is 2.74. The highest BCUT2D eigenvalue weighted by molar-refractivity contribution is 6.31. The minimum Gasteiger partial charge on any atom is -0.322 e. The molecule has 8 heteroatoms. The lowest BCUT2D eigenvalue weighted by Gasteiger charge is -2.16. The topological polar surface area (TPSA) is 49.4 Å². The van der Waals surface area contributed by atoms with Crippen LogP contribution in [-0.4, -0.2) is 18.4 Å². The molecule has 136 valence electrons. The molecule has 0 atom stereocenters. The maximum absolute atomic E-state index is 12.9. The quantitative estimate of drug-likeness (QED) is 0.833. The van der Waals surface area contributed by atoms with Crippen LogP contribution in [0.4, 0.5) is 24.5 Å². The molecule has 1 aliphatic heterocycles. The highest BCUT2D eigenvalue weighted by atomic mass is 35.5. The van der Waals surface area contributed by atoms with Crippen molar-refractivity contribution in [1.82, 2.24) is 0 Å². The van der Waals surface area contributed by atoms with E-state index in [1.807, 2.05) is 0 Å². The average molecular weight is 383 g/mol. The van der Waals surface area contributed by atoms with Gasteiger partial charge in [0, 0.05) is 29.9 Å². The van der Waals surface area contributed by atoms with Crippen molar-refractivity contribution in [3.05, 3.63) is 58.6 Å². The van der Waals surface area contributed by atoms with E-state index in [9.17, 15) is 22.8 Å². The van der Waals surface area contributed by atoms with E-state index in [2.05, 4.69) is 5.32 Å². The number of nitrogens with one attached hydrogen (secondary N) is 1. The highest BCUT2D eigenvalue weighted by Crippen LogP contribution is 2.36. The first-order chi connectivity index (χ1) is 12.3. The number of benzene rings is 2. The number of anilines is 2. The van der Waals surface area contributed by atoms with Crippen molar-refractivity contribution < 1.29 is 22.8 Å². The first-order valence-electron chi connectivity index (χ1n) is 7.84. The van der Waals surface area contributed by atoms with Crippen LogP contribution in [-0.2, 0) is 11.0 Å². The molecule has 0 spiro atoms.